The lowest BCUT2D eigenvalue weighted by atomic mass is 10.1. The Balaban J connectivity index is 1.62. The predicted molar refractivity (Wildman–Crippen MR) is 80.4 cm³/mol. The first-order valence-corrected chi connectivity index (χ1v) is 6.76. The number of para-hydroxylation sites is 1. The third kappa shape index (κ3) is 2.89. The molecule has 106 valence electrons. The summed E-state index contributed by atoms with van der Waals surface area (Å²) in [6.07, 6.45) is 2.42. The number of hydrogen-bond acceptors (Lipinski definition) is 3. The van der Waals surface area contributed by atoms with E-state index in [0.717, 1.165) is 16.5 Å². The van der Waals surface area contributed by atoms with Crippen LogP contribution in [0.3, 0.4) is 0 Å². The maximum Gasteiger partial charge on any atom is 0.251 e. The summed E-state index contributed by atoms with van der Waals surface area (Å²) in [4.78, 5) is 11.9. The van der Waals surface area contributed by atoms with E-state index < -0.39 is 0 Å². The van der Waals surface area contributed by atoms with E-state index in [-0.39, 0.29) is 11.7 Å². The molecule has 2 aromatic carbocycles. The van der Waals surface area contributed by atoms with Crippen LogP contribution in [0.25, 0.3) is 11.0 Å². The molecular weight excluding hydrogens is 266 g/mol. The molecule has 4 nitrogen and oxygen atoms in total. The Bertz CT molecular complexity index is 776. The van der Waals surface area contributed by atoms with E-state index >= 15 is 0 Å². The van der Waals surface area contributed by atoms with Crippen LogP contribution in [0.5, 0.6) is 5.75 Å². The molecule has 0 aliphatic rings. The molecule has 0 atom stereocenters. The van der Waals surface area contributed by atoms with Crippen LogP contribution in [0.1, 0.15) is 15.9 Å². The summed E-state index contributed by atoms with van der Waals surface area (Å²) in [5.74, 6) is -0.109. The Morgan fingerprint density at radius 3 is 2.86 bits per heavy atom. The van der Waals surface area contributed by atoms with Crippen molar-refractivity contribution < 1.29 is 14.3 Å². The Morgan fingerprint density at radius 2 is 2.00 bits per heavy atom. The van der Waals surface area contributed by atoms with Crippen LogP contribution in [0, 0.1) is 0 Å². The lowest BCUT2D eigenvalue weighted by Crippen LogP contribution is -2.25. The van der Waals surface area contributed by atoms with Gasteiger partial charge in [0.25, 0.3) is 5.91 Å². The van der Waals surface area contributed by atoms with Crippen LogP contribution in [0.2, 0.25) is 0 Å². The minimum absolute atomic E-state index is 0.0866. The van der Waals surface area contributed by atoms with Crippen molar-refractivity contribution in [3.63, 3.8) is 0 Å². The topological polar surface area (TPSA) is 62.5 Å². The average Bonchev–Trinajstić information content (AvgIpc) is 2.91. The van der Waals surface area contributed by atoms with Crippen molar-refractivity contribution >= 4 is 16.9 Å². The zero-order valence-corrected chi connectivity index (χ0v) is 11.4. The highest BCUT2D eigenvalue weighted by molar-refractivity contribution is 5.94. The fourth-order valence-corrected chi connectivity index (χ4v) is 2.29. The second kappa shape index (κ2) is 5.71. The van der Waals surface area contributed by atoms with Gasteiger partial charge in [-0.1, -0.05) is 24.3 Å². The molecule has 1 aromatic heterocycles. The van der Waals surface area contributed by atoms with E-state index in [1.54, 1.807) is 18.4 Å². The number of fused-ring (bicyclic) bond motifs is 1. The van der Waals surface area contributed by atoms with Crippen LogP contribution >= 0.6 is 0 Å². The molecule has 4 heteroatoms. The van der Waals surface area contributed by atoms with Gasteiger partial charge >= 0.3 is 0 Å². The molecule has 0 aliphatic carbocycles. The number of amides is 1. The molecule has 0 aliphatic heterocycles. The molecular formula is C17H15NO3. The first kappa shape index (κ1) is 13.2. The van der Waals surface area contributed by atoms with E-state index in [9.17, 15) is 9.90 Å². The number of aromatic hydroxyl groups is 1. The Hall–Kier alpha value is -2.75. The molecule has 0 unspecified atom stereocenters. The third-order valence-corrected chi connectivity index (χ3v) is 3.35. The fraction of sp³-hybridized carbons (Fsp3) is 0.118. The quantitative estimate of drug-likeness (QED) is 0.772. The van der Waals surface area contributed by atoms with Gasteiger partial charge in [-0.15, -0.1) is 0 Å². The highest BCUT2D eigenvalue weighted by Gasteiger charge is 2.08. The molecule has 0 saturated carbocycles. The smallest absolute Gasteiger partial charge is 0.251 e. The number of rotatable bonds is 4. The number of phenols is 1. The number of phenolic OH excluding ortho intramolecular Hbond substituents is 1. The van der Waals surface area contributed by atoms with Gasteiger partial charge in [-0.05, 0) is 36.2 Å². The zero-order valence-electron chi connectivity index (χ0n) is 11.4. The van der Waals surface area contributed by atoms with Gasteiger partial charge < -0.3 is 14.8 Å². The molecule has 21 heavy (non-hydrogen) atoms. The predicted octanol–water partition coefficient (Wildman–Crippen LogP) is 3.11. The second-order valence-electron chi connectivity index (χ2n) is 4.81. The highest BCUT2D eigenvalue weighted by atomic mass is 16.3. The maximum atomic E-state index is 11.9. The Morgan fingerprint density at radius 1 is 1.14 bits per heavy atom. The Labute approximate surface area is 122 Å². The van der Waals surface area contributed by atoms with Gasteiger partial charge in [-0.2, -0.15) is 0 Å². The van der Waals surface area contributed by atoms with Crippen LogP contribution < -0.4 is 5.32 Å². The van der Waals surface area contributed by atoms with Crippen molar-refractivity contribution in [1.29, 1.82) is 0 Å². The van der Waals surface area contributed by atoms with E-state index in [4.69, 9.17) is 4.42 Å². The third-order valence-electron chi connectivity index (χ3n) is 3.35. The number of nitrogens with one attached hydrogen (secondary N) is 1. The second-order valence-corrected chi connectivity index (χ2v) is 4.81. The standard InChI is InChI=1S/C17H15NO3/c19-14-5-3-4-12(10-14)17(20)18-9-8-13-11-21-16-7-2-1-6-15(13)16/h1-7,10-11,19H,8-9H2,(H,18,20). The van der Waals surface area contributed by atoms with E-state index in [2.05, 4.69) is 5.32 Å². The monoisotopic (exact) mass is 281 g/mol. The summed E-state index contributed by atoms with van der Waals surface area (Å²) in [6.45, 7) is 0.512. The van der Waals surface area contributed by atoms with E-state index in [0.29, 0.717) is 18.5 Å². The first-order chi connectivity index (χ1) is 10.2. The summed E-state index contributed by atoms with van der Waals surface area (Å²) in [6, 6.07) is 14.1. The number of furan rings is 1. The van der Waals surface area contributed by atoms with Crippen molar-refractivity contribution in [3.05, 3.63) is 65.9 Å². The van der Waals surface area contributed by atoms with Crippen LogP contribution in [0.4, 0.5) is 0 Å². The van der Waals surface area contributed by atoms with Crippen LogP contribution in [-0.2, 0) is 6.42 Å². The van der Waals surface area contributed by atoms with E-state index in [1.165, 1.54) is 12.1 Å². The van der Waals surface area contributed by atoms with E-state index in [1.807, 2.05) is 24.3 Å². The molecule has 0 fully saturated rings. The van der Waals surface area contributed by atoms with Crippen molar-refractivity contribution in [3.8, 4) is 5.75 Å². The number of hydrogen-bond donors (Lipinski definition) is 2. The van der Waals surface area contributed by atoms with Gasteiger partial charge in [0, 0.05) is 17.5 Å². The van der Waals surface area contributed by atoms with Gasteiger partial charge in [0.05, 0.1) is 6.26 Å². The zero-order chi connectivity index (χ0) is 14.7. The number of carbonyl (C=O) groups excluding carboxylic acids is 1. The van der Waals surface area contributed by atoms with Gasteiger partial charge in [0.15, 0.2) is 0 Å². The molecule has 0 spiro atoms. The summed E-state index contributed by atoms with van der Waals surface area (Å²) in [7, 11) is 0. The van der Waals surface area contributed by atoms with Gasteiger partial charge in [-0.25, -0.2) is 0 Å². The summed E-state index contributed by atoms with van der Waals surface area (Å²) >= 11 is 0. The Kier molecular flexibility index (Phi) is 3.60. The van der Waals surface area contributed by atoms with Crippen molar-refractivity contribution in [2.75, 3.05) is 6.54 Å². The molecule has 3 rings (SSSR count). The summed E-state index contributed by atoms with van der Waals surface area (Å²) in [5.41, 5.74) is 2.38. The SMILES string of the molecule is O=C(NCCc1coc2ccccc12)c1cccc(O)c1. The first-order valence-electron chi connectivity index (χ1n) is 6.76. The molecule has 0 bridgehead atoms. The minimum Gasteiger partial charge on any atom is -0.508 e. The molecule has 2 N–H and O–H groups in total. The fourth-order valence-electron chi connectivity index (χ4n) is 2.29. The van der Waals surface area contributed by atoms with Gasteiger partial charge in [0.1, 0.15) is 11.3 Å². The lowest BCUT2D eigenvalue weighted by Gasteiger charge is -2.05. The maximum absolute atomic E-state index is 11.9. The van der Waals surface area contributed by atoms with Gasteiger partial charge in [-0.3, -0.25) is 4.79 Å². The van der Waals surface area contributed by atoms with Crippen molar-refractivity contribution in [1.82, 2.24) is 5.32 Å². The molecule has 0 saturated heterocycles. The summed E-state index contributed by atoms with van der Waals surface area (Å²) < 4.78 is 5.46. The van der Waals surface area contributed by atoms with Gasteiger partial charge in [0.2, 0.25) is 0 Å². The van der Waals surface area contributed by atoms with Crippen LogP contribution in [-0.4, -0.2) is 17.6 Å². The number of carbonyl (C=O) groups is 1. The lowest BCUT2D eigenvalue weighted by molar-refractivity contribution is 0.0953. The number of benzene rings is 2. The molecule has 1 heterocycles. The normalized spacial score (nSPS) is 10.7. The van der Waals surface area contributed by atoms with Crippen molar-refractivity contribution in [2.24, 2.45) is 0 Å². The molecule has 1 amide bonds. The molecule has 0 radical (unpaired) electrons. The largest absolute Gasteiger partial charge is 0.508 e. The molecule has 3 aromatic rings. The minimum atomic E-state index is -0.196. The average molecular weight is 281 g/mol. The highest BCUT2D eigenvalue weighted by Crippen LogP contribution is 2.20. The van der Waals surface area contributed by atoms with Crippen LogP contribution in [0.15, 0.2) is 59.2 Å². The summed E-state index contributed by atoms with van der Waals surface area (Å²) in [5, 5.41) is 13.3. The van der Waals surface area contributed by atoms with Crippen molar-refractivity contribution in [2.45, 2.75) is 6.42 Å².